The Hall–Kier alpha value is -7.50. The number of likely N-dealkylation sites (tertiary alicyclic amines) is 1. The zero-order valence-electron chi connectivity index (χ0n) is 37.6. The number of carbonyl (C=O) groups is 4. The van der Waals surface area contributed by atoms with E-state index in [0.29, 0.717) is 104 Å². The van der Waals surface area contributed by atoms with Gasteiger partial charge in [0.1, 0.15) is 29.3 Å². The number of aryl methyl sites for hydroxylation is 1. The van der Waals surface area contributed by atoms with Crippen LogP contribution in [-0.2, 0) is 11.8 Å². The monoisotopic (exact) mass is 925 g/mol. The number of anilines is 2. The Morgan fingerprint density at radius 3 is 2.49 bits per heavy atom. The van der Waals surface area contributed by atoms with Crippen molar-refractivity contribution in [3.63, 3.8) is 0 Å². The number of benzene rings is 2. The standard InChI is InChI=1S/C48H49F2N13O5/c1-3-68-35-22-37(43-32(23-51)25-53-63(43)28-35)31-5-9-41(52-24-31)60-14-11-48(12-15-60,55-45(65)38-21-33(49)6-8-39(38)50)29-58-16-18-59(19-17-58)34-26-61(27-34)46(66)30-4-7-36-40(20-30)57(2)56-44(36)62-13-10-42(64)54-47(62)67/h4-9,20-22,24-25,28,34H,3,10-19,26-27,29H2,1-2H3,(H,55,65)(H,54,64,67). The fourth-order valence-corrected chi connectivity index (χ4v) is 9.93. The number of piperidine rings is 1. The lowest BCUT2D eigenvalue weighted by molar-refractivity contribution is -0.120. The molecule has 6 aromatic rings. The highest BCUT2D eigenvalue weighted by molar-refractivity contribution is 6.09. The number of nitriles is 1. The van der Waals surface area contributed by atoms with Crippen LogP contribution in [0.5, 0.6) is 5.75 Å². The van der Waals surface area contributed by atoms with Gasteiger partial charge in [0.25, 0.3) is 11.8 Å². The lowest BCUT2D eigenvalue weighted by Crippen LogP contribution is -2.66. The van der Waals surface area contributed by atoms with Gasteiger partial charge in [-0.3, -0.25) is 39.1 Å². The third-order valence-corrected chi connectivity index (χ3v) is 13.7. The Kier molecular flexibility index (Phi) is 11.7. The van der Waals surface area contributed by atoms with Gasteiger partial charge in [0.05, 0.1) is 46.7 Å². The van der Waals surface area contributed by atoms with Gasteiger partial charge in [-0.2, -0.15) is 15.5 Å². The average molecular weight is 926 g/mol. The summed E-state index contributed by atoms with van der Waals surface area (Å²) in [5, 5.41) is 24.9. The number of hydrogen-bond donors (Lipinski definition) is 2. The Morgan fingerprint density at radius 2 is 1.76 bits per heavy atom. The maximum absolute atomic E-state index is 14.9. The number of nitrogens with zero attached hydrogens (tertiary/aromatic N) is 11. The molecule has 350 valence electrons. The minimum atomic E-state index is -0.793. The zero-order chi connectivity index (χ0) is 47.3. The molecule has 4 aliphatic heterocycles. The third-order valence-electron chi connectivity index (χ3n) is 13.7. The normalized spacial score (nSPS) is 18.1. The highest BCUT2D eigenvalue weighted by Gasteiger charge is 2.41. The highest BCUT2D eigenvalue weighted by Crippen LogP contribution is 2.34. The zero-order valence-corrected chi connectivity index (χ0v) is 37.6. The van der Waals surface area contributed by atoms with Gasteiger partial charge in [0, 0.05) is 113 Å². The van der Waals surface area contributed by atoms with Crippen LogP contribution in [0.3, 0.4) is 0 Å². The summed E-state index contributed by atoms with van der Waals surface area (Å²) in [5.74, 6) is -0.777. The molecule has 0 saturated carbocycles. The second kappa shape index (κ2) is 18.0. The van der Waals surface area contributed by atoms with Crippen molar-refractivity contribution >= 4 is 51.8 Å². The van der Waals surface area contributed by atoms with E-state index in [1.807, 2.05) is 30.0 Å². The lowest BCUT2D eigenvalue weighted by atomic mass is 9.85. The van der Waals surface area contributed by atoms with Crippen LogP contribution >= 0.6 is 0 Å². The Morgan fingerprint density at radius 1 is 0.971 bits per heavy atom. The molecule has 68 heavy (non-hydrogen) atoms. The molecule has 18 nitrogen and oxygen atoms in total. The quantitative estimate of drug-likeness (QED) is 0.189. The molecule has 0 aliphatic carbocycles. The van der Waals surface area contributed by atoms with Crippen molar-refractivity contribution in [2.24, 2.45) is 7.05 Å². The van der Waals surface area contributed by atoms with Crippen molar-refractivity contribution in [3.8, 4) is 22.9 Å². The Bertz CT molecular complexity index is 3000. The Balaban J connectivity index is 0.782. The summed E-state index contributed by atoms with van der Waals surface area (Å²) < 4.78 is 38.3. The number of nitrogens with one attached hydrogen (secondary N) is 2. The number of fused-ring (bicyclic) bond motifs is 2. The number of piperazine rings is 1. The first-order valence-corrected chi connectivity index (χ1v) is 22.8. The van der Waals surface area contributed by atoms with E-state index >= 15 is 0 Å². The number of rotatable bonds is 11. The first-order valence-electron chi connectivity index (χ1n) is 22.8. The fraction of sp³-hybridized carbons (Fsp3) is 0.375. The molecule has 0 spiro atoms. The average Bonchev–Trinajstić information content (AvgIpc) is 3.89. The number of aromatic nitrogens is 5. The predicted molar refractivity (Wildman–Crippen MR) is 246 cm³/mol. The van der Waals surface area contributed by atoms with Crippen molar-refractivity contribution < 1.29 is 32.7 Å². The van der Waals surface area contributed by atoms with E-state index in [1.165, 1.54) is 11.1 Å². The maximum Gasteiger partial charge on any atom is 0.329 e. The summed E-state index contributed by atoms with van der Waals surface area (Å²) >= 11 is 0. The number of hydrogen-bond acceptors (Lipinski definition) is 12. The van der Waals surface area contributed by atoms with Crippen LogP contribution in [0.4, 0.5) is 25.2 Å². The summed E-state index contributed by atoms with van der Waals surface area (Å²) in [7, 11) is 1.76. The SMILES string of the molecule is CCOc1cc(-c2ccc(N3CCC(CN4CCN(C5CN(C(=O)c6ccc7c(N8CCC(=O)NC8=O)nn(C)c7c6)C5)CC4)(NC(=O)c4cc(F)ccc4F)CC3)nc2)c2c(C#N)cnn2c1. The van der Waals surface area contributed by atoms with Gasteiger partial charge in [0.2, 0.25) is 5.91 Å². The molecule has 0 radical (unpaired) electrons. The minimum absolute atomic E-state index is 0.0896. The number of amides is 5. The van der Waals surface area contributed by atoms with E-state index in [9.17, 15) is 33.2 Å². The van der Waals surface area contributed by atoms with Crippen LogP contribution in [0.15, 0.2) is 73.2 Å². The van der Waals surface area contributed by atoms with E-state index in [4.69, 9.17) is 9.72 Å². The van der Waals surface area contributed by atoms with Crippen LogP contribution in [0.1, 0.15) is 52.5 Å². The summed E-state index contributed by atoms with van der Waals surface area (Å²) in [4.78, 5) is 66.6. The molecular formula is C48H49F2N13O5. The van der Waals surface area contributed by atoms with Crippen molar-refractivity contribution in [3.05, 3.63) is 102 Å². The molecule has 5 amide bonds. The van der Waals surface area contributed by atoms with Crippen molar-refractivity contribution in [1.29, 1.82) is 5.26 Å². The molecule has 0 bridgehead atoms. The van der Waals surface area contributed by atoms with Crippen molar-refractivity contribution in [1.82, 2.24) is 49.7 Å². The second-order valence-corrected chi connectivity index (χ2v) is 17.8. The highest BCUT2D eigenvalue weighted by atomic mass is 19.1. The van der Waals surface area contributed by atoms with E-state index in [1.54, 1.807) is 46.8 Å². The van der Waals surface area contributed by atoms with E-state index < -0.39 is 29.1 Å². The molecular weight excluding hydrogens is 877 g/mol. The number of pyridine rings is 2. The topological polar surface area (TPSA) is 190 Å². The molecule has 2 N–H and O–H groups in total. The molecule has 4 aliphatic rings. The number of carbonyl (C=O) groups excluding carboxylic acids is 4. The van der Waals surface area contributed by atoms with Crippen LogP contribution in [0.2, 0.25) is 0 Å². The largest absolute Gasteiger partial charge is 0.492 e. The number of imide groups is 1. The molecule has 2 aromatic carbocycles. The molecule has 4 aromatic heterocycles. The molecule has 20 heteroatoms. The fourth-order valence-electron chi connectivity index (χ4n) is 9.93. The van der Waals surface area contributed by atoms with Gasteiger partial charge in [-0.1, -0.05) is 0 Å². The summed E-state index contributed by atoms with van der Waals surface area (Å²) in [5.41, 5.74) is 2.78. The van der Waals surface area contributed by atoms with Gasteiger partial charge < -0.3 is 19.9 Å². The van der Waals surface area contributed by atoms with Crippen molar-refractivity contribution in [2.45, 2.75) is 37.8 Å². The number of halogens is 2. The molecule has 8 heterocycles. The predicted octanol–water partition coefficient (Wildman–Crippen LogP) is 4.19. The first kappa shape index (κ1) is 44.3. The number of urea groups is 1. The summed E-state index contributed by atoms with van der Waals surface area (Å²) in [6.45, 7) is 8.29. The second-order valence-electron chi connectivity index (χ2n) is 17.8. The van der Waals surface area contributed by atoms with Gasteiger partial charge in [0.15, 0.2) is 5.82 Å². The van der Waals surface area contributed by atoms with Crippen LogP contribution in [0, 0.1) is 23.0 Å². The van der Waals surface area contributed by atoms with E-state index in [0.717, 1.165) is 48.2 Å². The van der Waals surface area contributed by atoms with Crippen LogP contribution < -0.4 is 25.2 Å². The molecule has 4 saturated heterocycles. The van der Waals surface area contributed by atoms with Gasteiger partial charge in [-0.05, 0) is 74.4 Å². The first-order chi connectivity index (χ1) is 32.9. The van der Waals surface area contributed by atoms with Crippen LogP contribution in [-0.4, -0.2) is 146 Å². The molecule has 0 unspecified atom stereocenters. The van der Waals surface area contributed by atoms with Crippen LogP contribution in [0.25, 0.3) is 27.5 Å². The molecule has 4 fully saturated rings. The summed E-state index contributed by atoms with van der Waals surface area (Å²) in [6, 6.07) is 15.9. The summed E-state index contributed by atoms with van der Waals surface area (Å²) in [6.07, 6.45) is 6.27. The molecule has 10 rings (SSSR count). The lowest BCUT2D eigenvalue weighted by Gasteiger charge is -2.50. The van der Waals surface area contributed by atoms with Gasteiger partial charge in [-0.15, -0.1) is 0 Å². The van der Waals surface area contributed by atoms with E-state index in [-0.39, 0.29) is 36.4 Å². The maximum atomic E-state index is 14.9. The van der Waals surface area contributed by atoms with Gasteiger partial charge in [-0.25, -0.2) is 23.1 Å². The third kappa shape index (κ3) is 8.43. The molecule has 0 atom stereocenters. The van der Waals surface area contributed by atoms with Crippen molar-refractivity contribution in [2.75, 3.05) is 81.9 Å². The minimum Gasteiger partial charge on any atom is -0.492 e. The Labute approximate surface area is 389 Å². The van der Waals surface area contributed by atoms with Gasteiger partial charge >= 0.3 is 6.03 Å². The number of ether oxygens (including phenoxy) is 1. The van der Waals surface area contributed by atoms with E-state index in [2.05, 4.69) is 41.6 Å². The smallest absolute Gasteiger partial charge is 0.329 e.